The number of nitriles is 1. The lowest BCUT2D eigenvalue weighted by molar-refractivity contribution is 0.477. The summed E-state index contributed by atoms with van der Waals surface area (Å²) in [5.74, 6) is 0.907. The highest BCUT2D eigenvalue weighted by Gasteiger charge is 2.09. The van der Waals surface area contributed by atoms with Crippen LogP contribution in [-0.4, -0.2) is 9.97 Å². The van der Waals surface area contributed by atoms with E-state index in [1.807, 2.05) is 6.07 Å². The van der Waals surface area contributed by atoms with E-state index in [0.717, 1.165) is 0 Å². The molecule has 0 unspecified atom stereocenters. The lowest BCUT2D eigenvalue weighted by Crippen LogP contribution is -1.98. The first-order chi connectivity index (χ1) is 11.7. The molecule has 0 saturated carbocycles. The van der Waals surface area contributed by atoms with E-state index in [1.165, 1.54) is 18.5 Å². The predicted molar refractivity (Wildman–Crippen MR) is 88.0 cm³/mol. The molecule has 0 saturated heterocycles. The summed E-state index contributed by atoms with van der Waals surface area (Å²) in [5.41, 5.74) is 0.854. The first-order valence-electron chi connectivity index (χ1n) is 6.87. The Morgan fingerprint density at radius 3 is 2.58 bits per heavy atom. The maximum absolute atomic E-state index is 13.1. The van der Waals surface area contributed by atoms with Crippen molar-refractivity contribution in [1.82, 2.24) is 9.97 Å². The molecule has 0 aliphatic carbocycles. The molecular formula is C17H10ClFN4O. The van der Waals surface area contributed by atoms with Crippen LogP contribution in [0.4, 0.5) is 15.9 Å². The molecule has 0 aliphatic heterocycles. The summed E-state index contributed by atoms with van der Waals surface area (Å²) in [6, 6.07) is 14.7. The van der Waals surface area contributed by atoms with Crippen LogP contribution in [0.5, 0.6) is 11.5 Å². The highest BCUT2D eigenvalue weighted by molar-refractivity contribution is 6.30. The van der Waals surface area contributed by atoms with Crippen LogP contribution in [0.3, 0.4) is 0 Å². The Hall–Kier alpha value is -3.17. The summed E-state index contributed by atoms with van der Waals surface area (Å²) >= 11 is 5.86. The summed E-state index contributed by atoms with van der Waals surface area (Å²) < 4.78 is 18.7. The Kier molecular flexibility index (Phi) is 4.54. The van der Waals surface area contributed by atoms with E-state index in [-0.39, 0.29) is 16.5 Å². The maximum Gasteiger partial charge on any atom is 0.153 e. The molecule has 1 aromatic heterocycles. The largest absolute Gasteiger partial charge is 0.457 e. The van der Waals surface area contributed by atoms with Crippen molar-refractivity contribution in [2.75, 3.05) is 5.32 Å². The number of benzene rings is 2. The zero-order valence-electron chi connectivity index (χ0n) is 12.2. The second-order valence-corrected chi connectivity index (χ2v) is 5.07. The van der Waals surface area contributed by atoms with Crippen molar-refractivity contribution in [2.24, 2.45) is 0 Å². The van der Waals surface area contributed by atoms with Crippen molar-refractivity contribution < 1.29 is 9.13 Å². The van der Waals surface area contributed by atoms with Gasteiger partial charge >= 0.3 is 0 Å². The van der Waals surface area contributed by atoms with Crippen LogP contribution in [0, 0.1) is 17.1 Å². The molecule has 2 aromatic carbocycles. The fourth-order valence-electron chi connectivity index (χ4n) is 1.97. The van der Waals surface area contributed by atoms with E-state index >= 15 is 0 Å². The number of anilines is 2. The number of nitrogens with zero attached hydrogens (tertiary/aromatic N) is 3. The van der Waals surface area contributed by atoms with Gasteiger partial charge in [0.05, 0.1) is 0 Å². The van der Waals surface area contributed by atoms with E-state index in [9.17, 15) is 4.39 Å². The quantitative estimate of drug-likeness (QED) is 0.698. The van der Waals surface area contributed by atoms with Crippen LogP contribution in [0.2, 0.25) is 5.15 Å². The van der Waals surface area contributed by atoms with Crippen molar-refractivity contribution in [3.63, 3.8) is 0 Å². The molecule has 0 amide bonds. The van der Waals surface area contributed by atoms with Gasteiger partial charge in [-0.25, -0.2) is 14.4 Å². The second-order valence-electron chi connectivity index (χ2n) is 4.71. The van der Waals surface area contributed by atoms with E-state index in [2.05, 4.69) is 15.3 Å². The summed E-state index contributed by atoms with van der Waals surface area (Å²) in [4.78, 5) is 7.76. The number of hydrogen-bond donors (Lipinski definition) is 1. The Bertz CT molecular complexity index is 909. The van der Waals surface area contributed by atoms with Gasteiger partial charge in [0.1, 0.15) is 35.3 Å². The minimum atomic E-state index is -0.365. The average molecular weight is 341 g/mol. The number of halogens is 2. The third-order valence-corrected chi connectivity index (χ3v) is 3.35. The Labute approximate surface area is 142 Å². The first-order valence-corrected chi connectivity index (χ1v) is 7.24. The smallest absolute Gasteiger partial charge is 0.153 e. The topological polar surface area (TPSA) is 70.8 Å². The van der Waals surface area contributed by atoms with Gasteiger partial charge in [-0.2, -0.15) is 5.26 Å². The summed E-state index contributed by atoms with van der Waals surface area (Å²) in [6.45, 7) is 0. The average Bonchev–Trinajstić information content (AvgIpc) is 2.57. The molecule has 7 heteroatoms. The molecule has 0 spiro atoms. The normalized spacial score (nSPS) is 10.0. The van der Waals surface area contributed by atoms with Gasteiger partial charge in [0.15, 0.2) is 11.0 Å². The van der Waals surface area contributed by atoms with Gasteiger partial charge in [-0.1, -0.05) is 17.7 Å². The zero-order valence-corrected chi connectivity index (χ0v) is 13.0. The summed E-state index contributed by atoms with van der Waals surface area (Å²) in [7, 11) is 0. The molecule has 0 fully saturated rings. The van der Waals surface area contributed by atoms with Crippen molar-refractivity contribution in [3.05, 3.63) is 71.4 Å². The van der Waals surface area contributed by atoms with Crippen LogP contribution in [-0.2, 0) is 0 Å². The van der Waals surface area contributed by atoms with Gasteiger partial charge in [-0.05, 0) is 36.4 Å². The molecule has 0 atom stereocenters. The van der Waals surface area contributed by atoms with Gasteiger partial charge < -0.3 is 10.1 Å². The third kappa shape index (κ3) is 3.59. The SMILES string of the molecule is N#Cc1c(Cl)ncnc1Nc1ccc(Oc2cccc(F)c2)cc1. The molecule has 1 N–H and O–H groups in total. The van der Waals surface area contributed by atoms with Gasteiger partial charge in [-0.3, -0.25) is 0 Å². The van der Waals surface area contributed by atoms with Gasteiger partial charge in [0.2, 0.25) is 0 Å². The molecule has 0 bridgehead atoms. The molecule has 24 heavy (non-hydrogen) atoms. The van der Waals surface area contributed by atoms with Crippen molar-refractivity contribution in [3.8, 4) is 17.6 Å². The Morgan fingerprint density at radius 2 is 1.88 bits per heavy atom. The van der Waals surface area contributed by atoms with Crippen LogP contribution >= 0.6 is 11.6 Å². The highest BCUT2D eigenvalue weighted by atomic mass is 35.5. The van der Waals surface area contributed by atoms with Crippen LogP contribution in [0.1, 0.15) is 5.56 Å². The number of ether oxygens (including phenoxy) is 1. The molecule has 0 radical (unpaired) electrons. The summed E-state index contributed by atoms with van der Waals surface area (Å²) in [5, 5.41) is 12.2. The highest BCUT2D eigenvalue weighted by Crippen LogP contribution is 2.26. The standard InChI is InChI=1S/C17H10ClFN4O/c18-16-15(9-20)17(22-10-21-16)23-12-4-6-13(7-5-12)24-14-3-1-2-11(19)8-14/h1-8,10H,(H,21,22,23). The lowest BCUT2D eigenvalue weighted by atomic mass is 10.2. The first kappa shape index (κ1) is 15.7. The molecule has 5 nitrogen and oxygen atoms in total. The monoisotopic (exact) mass is 340 g/mol. The van der Waals surface area contributed by atoms with Crippen molar-refractivity contribution >= 4 is 23.1 Å². The summed E-state index contributed by atoms with van der Waals surface area (Å²) in [6.07, 6.45) is 1.27. The van der Waals surface area contributed by atoms with Gasteiger partial charge in [0.25, 0.3) is 0 Å². The van der Waals surface area contributed by atoms with Crippen LogP contribution in [0.25, 0.3) is 0 Å². The minimum absolute atomic E-state index is 0.0843. The van der Waals surface area contributed by atoms with Crippen molar-refractivity contribution in [2.45, 2.75) is 0 Å². The molecule has 1 heterocycles. The minimum Gasteiger partial charge on any atom is -0.457 e. The maximum atomic E-state index is 13.1. The molecule has 0 aliphatic rings. The number of rotatable bonds is 4. The van der Waals surface area contributed by atoms with E-state index in [0.29, 0.717) is 23.0 Å². The zero-order chi connectivity index (χ0) is 16.9. The van der Waals surface area contributed by atoms with E-state index in [4.69, 9.17) is 21.6 Å². The Balaban J connectivity index is 1.76. The second kappa shape index (κ2) is 6.94. The van der Waals surface area contributed by atoms with Crippen molar-refractivity contribution in [1.29, 1.82) is 5.26 Å². The van der Waals surface area contributed by atoms with E-state index in [1.54, 1.807) is 36.4 Å². The third-order valence-electron chi connectivity index (χ3n) is 3.06. The van der Waals surface area contributed by atoms with Gasteiger partial charge in [-0.15, -0.1) is 0 Å². The predicted octanol–water partition coefficient (Wildman–Crippen LogP) is 4.68. The molecular weight excluding hydrogens is 331 g/mol. The molecule has 3 rings (SSSR count). The number of aromatic nitrogens is 2. The Morgan fingerprint density at radius 1 is 1.08 bits per heavy atom. The number of hydrogen-bond acceptors (Lipinski definition) is 5. The lowest BCUT2D eigenvalue weighted by Gasteiger charge is -2.09. The van der Waals surface area contributed by atoms with E-state index < -0.39 is 0 Å². The fourth-order valence-corrected chi connectivity index (χ4v) is 2.14. The fraction of sp³-hybridized carbons (Fsp3) is 0. The van der Waals surface area contributed by atoms with Crippen LogP contribution < -0.4 is 10.1 Å². The van der Waals surface area contributed by atoms with Crippen LogP contribution in [0.15, 0.2) is 54.9 Å². The van der Waals surface area contributed by atoms with Gasteiger partial charge in [0, 0.05) is 11.8 Å². The molecule has 118 valence electrons. The molecule has 3 aromatic rings. The number of nitrogens with one attached hydrogen (secondary N) is 1.